The second kappa shape index (κ2) is 8.46. The summed E-state index contributed by atoms with van der Waals surface area (Å²) in [4.78, 5) is 15.6. The number of halogens is 1. The van der Waals surface area contributed by atoms with Gasteiger partial charge in [-0.1, -0.05) is 0 Å². The number of carbonyl (C=O) groups excluding carboxylic acids is 1. The Kier molecular flexibility index (Phi) is 6.20. The van der Waals surface area contributed by atoms with Crippen LogP contribution in [0.15, 0.2) is 0 Å². The summed E-state index contributed by atoms with van der Waals surface area (Å²) in [5, 5.41) is 12.1. The monoisotopic (exact) mass is 400 g/mol. The van der Waals surface area contributed by atoms with Crippen molar-refractivity contribution in [2.45, 2.75) is 55.1 Å². The van der Waals surface area contributed by atoms with E-state index in [-0.39, 0.29) is 29.4 Å². The number of amides is 1. The molecule has 0 radical (unpaired) electrons. The lowest BCUT2D eigenvalue weighted by atomic mass is 9.94. The first-order valence-electron chi connectivity index (χ1n) is 10.2. The number of likely N-dealkylation sites (tertiary alicyclic amines) is 1. The SMILES string of the molecule is NC1CCN(C2CCNCC2NC(=O)C2C(N)NN3CC(Cl)CNC23)CC1. The van der Waals surface area contributed by atoms with Crippen molar-refractivity contribution in [2.75, 3.05) is 39.3 Å². The molecule has 6 atom stereocenters. The summed E-state index contributed by atoms with van der Waals surface area (Å²) < 4.78 is 0. The average Bonchev–Trinajstić information content (AvgIpc) is 2.98. The van der Waals surface area contributed by atoms with Crippen LogP contribution in [0.2, 0.25) is 0 Å². The Bertz CT molecular complexity index is 531. The van der Waals surface area contributed by atoms with Gasteiger partial charge in [0.15, 0.2) is 0 Å². The zero-order valence-electron chi connectivity index (χ0n) is 15.7. The van der Waals surface area contributed by atoms with Gasteiger partial charge in [0.05, 0.1) is 29.7 Å². The first-order chi connectivity index (χ1) is 13.0. The second-order valence-electron chi connectivity index (χ2n) is 8.33. The molecule has 4 fully saturated rings. The van der Waals surface area contributed by atoms with E-state index < -0.39 is 6.17 Å². The number of piperidine rings is 2. The quantitative estimate of drug-likeness (QED) is 0.288. The second-order valence-corrected chi connectivity index (χ2v) is 8.95. The van der Waals surface area contributed by atoms with Gasteiger partial charge in [-0.2, -0.15) is 0 Å². The third-order valence-corrected chi connectivity index (χ3v) is 6.73. The van der Waals surface area contributed by atoms with Crippen LogP contribution in [0, 0.1) is 5.92 Å². The molecule has 0 aromatic rings. The van der Waals surface area contributed by atoms with Crippen molar-refractivity contribution in [2.24, 2.45) is 17.4 Å². The topological polar surface area (TPSA) is 124 Å². The zero-order valence-corrected chi connectivity index (χ0v) is 16.5. The van der Waals surface area contributed by atoms with E-state index in [1.54, 1.807) is 0 Å². The minimum atomic E-state index is -0.410. The van der Waals surface area contributed by atoms with Crippen molar-refractivity contribution < 1.29 is 4.79 Å². The standard InChI is InChI=1S/C17H33ClN8O/c18-10-7-22-16-14(15(20)24-26(16)9-10)17(27)23-12-8-21-4-1-13(12)25-5-2-11(19)3-6-25/h10-16,21-22,24H,1-9,19-20H2,(H,23,27). The summed E-state index contributed by atoms with van der Waals surface area (Å²) in [7, 11) is 0. The number of hydrogen-bond acceptors (Lipinski definition) is 8. The van der Waals surface area contributed by atoms with Crippen molar-refractivity contribution in [1.82, 2.24) is 31.3 Å². The van der Waals surface area contributed by atoms with Crippen molar-refractivity contribution in [3.63, 3.8) is 0 Å². The summed E-state index contributed by atoms with van der Waals surface area (Å²) in [5.41, 5.74) is 15.5. The highest BCUT2D eigenvalue weighted by Crippen LogP contribution is 2.24. The van der Waals surface area contributed by atoms with Crippen LogP contribution in [0.3, 0.4) is 0 Å². The highest BCUT2D eigenvalue weighted by Gasteiger charge is 2.47. The maximum atomic E-state index is 13.1. The van der Waals surface area contributed by atoms with E-state index in [1.807, 2.05) is 5.01 Å². The van der Waals surface area contributed by atoms with Crippen molar-refractivity contribution in [3.05, 3.63) is 0 Å². The zero-order chi connectivity index (χ0) is 19.0. The van der Waals surface area contributed by atoms with E-state index in [9.17, 15) is 4.79 Å². The molecular weight excluding hydrogens is 368 g/mol. The number of nitrogens with two attached hydrogens (primary N) is 2. The van der Waals surface area contributed by atoms with Crippen LogP contribution in [0.4, 0.5) is 0 Å². The Balaban J connectivity index is 1.40. The number of carbonyl (C=O) groups is 1. The average molecular weight is 401 g/mol. The third kappa shape index (κ3) is 4.25. The number of alkyl halides is 1. The first kappa shape index (κ1) is 19.8. The molecule has 10 heteroatoms. The predicted octanol–water partition coefficient (Wildman–Crippen LogP) is -2.49. The van der Waals surface area contributed by atoms with Gasteiger partial charge in [0.1, 0.15) is 0 Å². The Labute approximate surface area is 165 Å². The maximum Gasteiger partial charge on any atom is 0.229 e. The fraction of sp³-hybridized carbons (Fsp3) is 0.941. The summed E-state index contributed by atoms with van der Waals surface area (Å²) in [5.74, 6) is -0.332. The summed E-state index contributed by atoms with van der Waals surface area (Å²) in [6.07, 6.45) is 2.58. The molecule has 154 valence electrons. The van der Waals surface area contributed by atoms with Crippen molar-refractivity contribution in [3.8, 4) is 0 Å². The van der Waals surface area contributed by atoms with Crippen LogP contribution in [-0.4, -0.2) is 90.9 Å². The molecular formula is C17H33ClN8O. The van der Waals surface area contributed by atoms with Crippen molar-refractivity contribution >= 4 is 17.5 Å². The lowest BCUT2D eigenvalue weighted by Crippen LogP contribution is -2.64. The molecule has 4 saturated heterocycles. The predicted molar refractivity (Wildman–Crippen MR) is 105 cm³/mol. The molecule has 0 aliphatic carbocycles. The number of nitrogens with one attached hydrogen (secondary N) is 4. The summed E-state index contributed by atoms with van der Waals surface area (Å²) >= 11 is 6.22. The van der Waals surface area contributed by atoms with Gasteiger partial charge < -0.3 is 22.1 Å². The fourth-order valence-corrected chi connectivity index (χ4v) is 5.18. The van der Waals surface area contributed by atoms with Crippen LogP contribution in [0.25, 0.3) is 0 Å². The molecule has 0 spiro atoms. The maximum absolute atomic E-state index is 13.1. The van der Waals surface area contributed by atoms with E-state index in [0.29, 0.717) is 25.2 Å². The highest BCUT2D eigenvalue weighted by atomic mass is 35.5. The van der Waals surface area contributed by atoms with E-state index in [0.717, 1.165) is 45.4 Å². The van der Waals surface area contributed by atoms with E-state index in [2.05, 4.69) is 26.3 Å². The van der Waals surface area contributed by atoms with Gasteiger partial charge in [0.2, 0.25) is 5.91 Å². The molecule has 0 bridgehead atoms. The lowest BCUT2D eigenvalue weighted by Gasteiger charge is -2.43. The third-order valence-electron chi connectivity index (χ3n) is 6.44. The minimum absolute atomic E-state index is 0.00966. The van der Waals surface area contributed by atoms with Crippen LogP contribution in [-0.2, 0) is 4.79 Å². The molecule has 1 amide bonds. The summed E-state index contributed by atoms with van der Waals surface area (Å²) in [6.45, 7) is 5.16. The molecule has 4 rings (SSSR count). The van der Waals surface area contributed by atoms with Gasteiger partial charge >= 0.3 is 0 Å². The number of nitrogens with zero attached hydrogens (tertiary/aromatic N) is 2. The van der Waals surface area contributed by atoms with Crippen LogP contribution in [0.1, 0.15) is 19.3 Å². The van der Waals surface area contributed by atoms with Crippen LogP contribution in [0.5, 0.6) is 0 Å². The number of hydrazine groups is 1. The van der Waals surface area contributed by atoms with Gasteiger partial charge in [-0.25, -0.2) is 10.4 Å². The molecule has 0 aromatic heterocycles. The van der Waals surface area contributed by atoms with Gasteiger partial charge in [-0.15, -0.1) is 11.6 Å². The summed E-state index contributed by atoms with van der Waals surface area (Å²) in [6, 6.07) is 0.759. The molecule has 6 unspecified atom stereocenters. The Morgan fingerprint density at radius 2 is 1.93 bits per heavy atom. The molecule has 0 saturated carbocycles. The lowest BCUT2D eigenvalue weighted by molar-refractivity contribution is -0.128. The van der Waals surface area contributed by atoms with E-state index in [1.165, 1.54) is 0 Å². The van der Waals surface area contributed by atoms with Gasteiger partial charge in [0, 0.05) is 31.7 Å². The smallest absolute Gasteiger partial charge is 0.229 e. The Morgan fingerprint density at radius 3 is 2.70 bits per heavy atom. The Morgan fingerprint density at radius 1 is 1.15 bits per heavy atom. The molecule has 4 aliphatic heterocycles. The van der Waals surface area contributed by atoms with Gasteiger partial charge in [-0.05, 0) is 38.9 Å². The number of hydrogen-bond donors (Lipinski definition) is 6. The molecule has 0 aromatic carbocycles. The fourth-order valence-electron chi connectivity index (χ4n) is 4.94. The van der Waals surface area contributed by atoms with E-state index >= 15 is 0 Å². The van der Waals surface area contributed by atoms with Crippen LogP contribution >= 0.6 is 11.6 Å². The van der Waals surface area contributed by atoms with Gasteiger partial charge in [0.25, 0.3) is 0 Å². The van der Waals surface area contributed by atoms with Gasteiger partial charge in [-0.3, -0.25) is 15.0 Å². The Hall–Kier alpha value is -0.520. The largest absolute Gasteiger partial charge is 0.350 e. The molecule has 4 aliphatic rings. The normalized spacial score (nSPS) is 42.0. The van der Waals surface area contributed by atoms with E-state index in [4.69, 9.17) is 23.1 Å². The number of fused-ring (bicyclic) bond motifs is 1. The minimum Gasteiger partial charge on any atom is -0.350 e. The van der Waals surface area contributed by atoms with Crippen LogP contribution < -0.4 is 32.8 Å². The molecule has 8 N–H and O–H groups in total. The molecule has 9 nitrogen and oxygen atoms in total. The number of rotatable bonds is 3. The molecule has 4 heterocycles. The van der Waals surface area contributed by atoms with Crippen molar-refractivity contribution in [1.29, 1.82) is 0 Å². The highest BCUT2D eigenvalue weighted by molar-refractivity contribution is 6.21. The molecule has 27 heavy (non-hydrogen) atoms. The first-order valence-corrected chi connectivity index (χ1v) is 10.6.